The molecule has 0 saturated heterocycles. The Morgan fingerprint density at radius 2 is 1.85 bits per heavy atom. The molecule has 1 atom stereocenters. The molecule has 1 aromatic rings. The molecule has 6 heteroatoms. The van der Waals surface area contributed by atoms with Crippen LogP contribution in [0.5, 0.6) is 0 Å². The third-order valence-electron chi connectivity index (χ3n) is 1.84. The molecule has 110 valence electrons. The number of ether oxygens (including phenoxy) is 1. The minimum Gasteiger partial charge on any atom is -0.481 e. The summed E-state index contributed by atoms with van der Waals surface area (Å²) in [6.07, 6.45) is 1.88. The Kier molecular flexibility index (Phi) is 9.55. The third kappa shape index (κ3) is 10.9. The number of benzene rings is 1. The molecule has 0 heterocycles. The van der Waals surface area contributed by atoms with E-state index in [0.29, 0.717) is 0 Å². The summed E-state index contributed by atoms with van der Waals surface area (Å²) in [5.74, 6) is -1.38. The lowest BCUT2D eigenvalue weighted by Crippen LogP contribution is -2.21. The van der Waals surface area contributed by atoms with Crippen LogP contribution in [-0.2, 0) is 14.3 Å². The standard InChI is InChI=1S/C12H14O4.C2H4O2/c13-8-11(14)9-16-12(15)7-6-10-4-2-1-3-5-10;1-2(3)4/h1-7,11,13-14H,8-9H2;1H3,(H,3,4). The van der Waals surface area contributed by atoms with Gasteiger partial charge in [-0.2, -0.15) is 0 Å². The summed E-state index contributed by atoms with van der Waals surface area (Å²) in [7, 11) is 0. The van der Waals surface area contributed by atoms with E-state index in [4.69, 9.17) is 20.1 Å². The molecular weight excluding hydrogens is 264 g/mol. The third-order valence-corrected chi connectivity index (χ3v) is 1.84. The number of aliphatic hydroxyl groups is 2. The number of carboxylic acid groups (broad SMARTS) is 1. The Morgan fingerprint density at radius 3 is 2.35 bits per heavy atom. The van der Waals surface area contributed by atoms with Crippen LogP contribution in [0.2, 0.25) is 0 Å². The van der Waals surface area contributed by atoms with E-state index in [2.05, 4.69) is 4.74 Å². The molecule has 0 amide bonds. The zero-order chi connectivity index (χ0) is 15.4. The highest BCUT2D eigenvalue weighted by atomic mass is 16.5. The van der Waals surface area contributed by atoms with Gasteiger partial charge >= 0.3 is 5.97 Å². The molecule has 0 bridgehead atoms. The van der Waals surface area contributed by atoms with Gasteiger partial charge in [0.25, 0.3) is 5.97 Å². The van der Waals surface area contributed by atoms with Crippen LogP contribution in [0, 0.1) is 0 Å². The van der Waals surface area contributed by atoms with Gasteiger partial charge in [0.2, 0.25) is 0 Å². The average molecular weight is 282 g/mol. The zero-order valence-corrected chi connectivity index (χ0v) is 11.1. The summed E-state index contributed by atoms with van der Waals surface area (Å²) < 4.78 is 4.68. The molecule has 0 aromatic heterocycles. The van der Waals surface area contributed by atoms with Crippen molar-refractivity contribution in [1.82, 2.24) is 0 Å². The van der Waals surface area contributed by atoms with Crippen molar-refractivity contribution >= 4 is 18.0 Å². The highest BCUT2D eigenvalue weighted by molar-refractivity contribution is 5.87. The lowest BCUT2D eigenvalue weighted by molar-refractivity contribution is -0.141. The van der Waals surface area contributed by atoms with Gasteiger partial charge in [0.15, 0.2) is 0 Å². The Labute approximate surface area is 116 Å². The number of aliphatic hydroxyl groups excluding tert-OH is 2. The van der Waals surface area contributed by atoms with Crippen molar-refractivity contribution < 1.29 is 29.6 Å². The normalized spacial score (nSPS) is 11.3. The van der Waals surface area contributed by atoms with Gasteiger partial charge in [-0.1, -0.05) is 30.3 Å². The molecule has 0 saturated carbocycles. The second kappa shape index (κ2) is 10.7. The van der Waals surface area contributed by atoms with Crippen LogP contribution in [0.25, 0.3) is 6.08 Å². The molecule has 1 unspecified atom stereocenters. The van der Waals surface area contributed by atoms with E-state index in [1.807, 2.05) is 30.3 Å². The van der Waals surface area contributed by atoms with Crippen LogP contribution in [0.15, 0.2) is 36.4 Å². The van der Waals surface area contributed by atoms with Gasteiger partial charge in [0, 0.05) is 13.0 Å². The number of rotatable bonds is 5. The number of carbonyl (C=O) groups excluding carboxylic acids is 1. The van der Waals surface area contributed by atoms with Crippen molar-refractivity contribution in [3.05, 3.63) is 42.0 Å². The molecular formula is C14H18O6. The maximum absolute atomic E-state index is 11.1. The van der Waals surface area contributed by atoms with Gasteiger partial charge in [-0.25, -0.2) is 4.79 Å². The summed E-state index contributed by atoms with van der Waals surface area (Å²) in [4.78, 5) is 20.1. The Hall–Kier alpha value is -2.18. The highest BCUT2D eigenvalue weighted by Gasteiger charge is 2.04. The van der Waals surface area contributed by atoms with Crippen molar-refractivity contribution in [3.63, 3.8) is 0 Å². The van der Waals surface area contributed by atoms with E-state index in [0.717, 1.165) is 12.5 Å². The lowest BCUT2D eigenvalue weighted by Gasteiger charge is -2.05. The van der Waals surface area contributed by atoms with Gasteiger partial charge in [-0.05, 0) is 11.6 Å². The molecule has 3 N–H and O–H groups in total. The fourth-order valence-corrected chi connectivity index (χ4v) is 1.01. The van der Waals surface area contributed by atoms with Crippen LogP contribution in [0.4, 0.5) is 0 Å². The first-order chi connectivity index (χ1) is 9.45. The fraction of sp³-hybridized carbons (Fsp3) is 0.286. The minimum absolute atomic E-state index is 0.200. The SMILES string of the molecule is CC(=O)O.O=C(C=Cc1ccccc1)OCC(O)CO. The molecule has 0 aliphatic rings. The topological polar surface area (TPSA) is 104 Å². The molecule has 1 rings (SSSR count). The average Bonchev–Trinajstić information content (AvgIpc) is 2.43. The molecule has 0 radical (unpaired) electrons. The lowest BCUT2D eigenvalue weighted by atomic mass is 10.2. The summed E-state index contributed by atoms with van der Waals surface area (Å²) in [6.45, 7) is 0.462. The maximum Gasteiger partial charge on any atom is 0.330 e. The van der Waals surface area contributed by atoms with E-state index in [1.165, 1.54) is 6.08 Å². The number of hydrogen-bond donors (Lipinski definition) is 3. The predicted molar refractivity (Wildman–Crippen MR) is 72.8 cm³/mol. The number of aliphatic carboxylic acids is 1. The second-order valence-corrected chi connectivity index (χ2v) is 3.73. The first-order valence-corrected chi connectivity index (χ1v) is 5.84. The van der Waals surface area contributed by atoms with Crippen LogP contribution in [0.1, 0.15) is 12.5 Å². The first-order valence-electron chi connectivity index (χ1n) is 5.84. The fourth-order valence-electron chi connectivity index (χ4n) is 1.01. The second-order valence-electron chi connectivity index (χ2n) is 3.73. The Balaban J connectivity index is 0.000000796. The van der Waals surface area contributed by atoms with E-state index in [-0.39, 0.29) is 6.61 Å². The van der Waals surface area contributed by atoms with Crippen molar-refractivity contribution in [3.8, 4) is 0 Å². The summed E-state index contributed by atoms with van der Waals surface area (Å²) in [6, 6.07) is 9.31. The number of hydrogen-bond acceptors (Lipinski definition) is 5. The molecule has 0 aliphatic heterocycles. The number of carbonyl (C=O) groups is 2. The van der Waals surface area contributed by atoms with E-state index in [1.54, 1.807) is 6.08 Å². The summed E-state index contributed by atoms with van der Waals surface area (Å²) >= 11 is 0. The van der Waals surface area contributed by atoms with Crippen molar-refractivity contribution in [2.45, 2.75) is 13.0 Å². The van der Waals surface area contributed by atoms with E-state index < -0.39 is 24.6 Å². The predicted octanol–water partition coefficient (Wildman–Crippen LogP) is 0.687. The largest absolute Gasteiger partial charge is 0.481 e. The van der Waals surface area contributed by atoms with Gasteiger partial charge in [0.1, 0.15) is 12.7 Å². The van der Waals surface area contributed by atoms with Gasteiger partial charge in [-0.15, -0.1) is 0 Å². The first kappa shape index (κ1) is 17.8. The molecule has 0 spiro atoms. The van der Waals surface area contributed by atoms with Gasteiger partial charge in [-0.3, -0.25) is 4.79 Å². The van der Waals surface area contributed by atoms with Gasteiger partial charge < -0.3 is 20.1 Å². The van der Waals surface area contributed by atoms with Crippen molar-refractivity contribution in [1.29, 1.82) is 0 Å². The highest BCUT2D eigenvalue weighted by Crippen LogP contribution is 2.01. The van der Waals surface area contributed by atoms with E-state index in [9.17, 15) is 4.79 Å². The quantitative estimate of drug-likeness (QED) is 0.542. The number of carboxylic acids is 1. The Morgan fingerprint density at radius 1 is 1.30 bits per heavy atom. The number of esters is 1. The summed E-state index contributed by atoms with van der Waals surface area (Å²) in [5, 5.41) is 24.9. The Bertz CT molecular complexity index is 423. The zero-order valence-electron chi connectivity index (χ0n) is 11.1. The molecule has 6 nitrogen and oxygen atoms in total. The van der Waals surface area contributed by atoms with Crippen LogP contribution < -0.4 is 0 Å². The molecule has 0 aliphatic carbocycles. The summed E-state index contributed by atoms with van der Waals surface area (Å²) in [5.41, 5.74) is 0.891. The van der Waals surface area contributed by atoms with E-state index >= 15 is 0 Å². The smallest absolute Gasteiger partial charge is 0.330 e. The molecule has 0 fully saturated rings. The van der Waals surface area contributed by atoms with Crippen molar-refractivity contribution in [2.75, 3.05) is 13.2 Å². The van der Waals surface area contributed by atoms with Crippen LogP contribution in [-0.4, -0.2) is 46.6 Å². The monoisotopic (exact) mass is 282 g/mol. The van der Waals surface area contributed by atoms with Crippen molar-refractivity contribution in [2.24, 2.45) is 0 Å². The minimum atomic E-state index is -1.02. The molecule has 20 heavy (non-hydrogen) atoms. The maximum atomic E-state index is 11.1. The molecule has 1 aromatic carbocycles. The van der Waals surface area contributed by atoms with Gasteiger partial charge in [0.05, 0.1) is 6.61 Å². The van der Waals surface area contributed by atoms with Crippen LogP contribution in [0.3, 0.4) is 0 Å². The van der Waals surface area contributed by atoms with Crippen LogP contribution >= 0.6 is 0 Å².